The molecule has 0 N–H and O–H groups in total. The van der Waals surface area contributed by atoms with E-state index >= 15 is 0 Å². The van der Waals surface area contributed by atoms with Crippen molar-refractivity contribution in [3.05, 3.63) is 0 Å². The number of carbonyl (C=O) groups is 1. The average molecular weight is 139 g/mol. The Balaban J connectivity index is 2.14. The first-order valence-electron chi connectivity index (χ1n) is 4.14. The largest absolute Gasteiger partial charge is 0.343 e. The molecule has 3 fully saturated rings. The van der Waals surface area contributed by atoms with Crippen LogP contribution in [0.4, 0.5) is 0 Å². The van der Waals surface area contributed by atoms with Gasteiger partial charge in [-0.2, -0.15) is 0 Å². The Morgan fingerprint density at radius 2 is 1.90 bits per heavy atom. The Morgan fingerprint density at radius 3 is 2.60 bits per heavy atom. The molecule has 10 heavy (non-hydrogen) atoms. The smallest absolute Gasteiger partial charge is 0.222 e. The summed E-state index contributed by atoms with van der Waals surface area (Å²) in [5, 5.41) is 0. The minimum atomic E-state index is 0.389. The highest BCUT2D eigenvalue weighted by molar-refractivity contribution is 5.76. The highest BCUT2D eigenvalue weighted by Crippen LogP contribution is 2.26. The molecule has 3 aliphatic heterocycles. The number of hydrogen-bond donors (Lipinski definition) is 0. The van der Waals surface area contributed by atoms with Gasteiger partial charge in [-0.25, -0.2) is 0 Å². The number of hydrogen-bond acceptors (Lipinski definition) is 1. The molecule has 2 bridgehead atoms. The van der Waals surface area contributed by atoms with Crippen LogP contribution in [0, 0.1) is 5.92 Å². The molecule has 0 saturated carbocycles. The molecular formula is C8H13NO. The summed E-state index contributed by atoms with van der Waals surface area (Å²) in [7, 11) is 0. The van der Waals surface area contributed by atoms with Crippen LogP contribution in [0.25, 0.3) is 0 Å². The van der Waals surface area contributed by atoms with Crippen molar-refractivity contribution in [2.45, 2.75) is 25.7 Å². The first kappa shape index (κ1) is 6.20. The van der Waals surface area contributed by atoms with Gasteiger partial charge in [0.15, 0.2) is 0 Å². The maximum Gasteiger partial charge on any atom is 0.222 e. The van der Waals surface area contributed by atoms with E-state index in [1.54, 1.807) is 0 Å². The van der Waals surface area contributed by atoms with Crippen LogP contribution in [0.3, 0.4) is 0 Å². The van der Waals surface area contributed by atoms with Gasteiger partial charge in [0.2, 0.25) is 5.91 Å². The summed E-state index contributed by atoms with van der Waals surface area (Å²) in [6, 6.07) is 0. The fourth-order valence-electron chi connectivity index (χ4n) is 1.96. The van der Waals surface area contributed by atoms with E-state index in [1.165, 1.54) is 12.8 Å². The van der Waals surface area contributed by atoms with Crippen LogP contribution in [0.15, 0.2) is 0 Å². The van der Waals surface area contributed by atoms with E-state index in [9.17, 15) is 4.79 Å². The van der Waals surface area contributed by atoms with E-state index in [2.05, 4.69) is 0 Å². The zero-order valence-corrected chi connectivity index (χ0v) is 6.18. The zero-order valence-electron chi connectivity index (χ0n) is 6.18. The monoisotopic (exact) mass is 139 g/mol. The van der Waals surface area contributed by atoms with Gasteiger partial charge < -0.3 is 4.90 Å². The lowest BCUT2D eigenvalue weighted by atomic mass is 9.96. The number of amides is 1. The number of fused-ring (bicyclic) bond motifs is 4. The molecular weight excluding hydrogens is 126 g/mol. The van der Waals surface area contributed by atoms with Gasteiger partial charge >= 0.3 is 0 Å². The van der Waals surface area contributed by atoms with Crippen molar-refractivity contribution in [1.29, 1.82) is 0 Å². The van der Waals surface area contributed by atoms with E-state index in [0.29, 0.717) is 5.91 Å². The molecule has 0 aromatic carbocycles. The van der Waals surface area contributed by atoms with Crippen LogP contribution in [0.1, 0.15) is 25.7 Å². The number of rotatable bonds is 0. The summed E-state index contributed by atoms with van der Waals surface area (Å²) in [6.07, 6.45) is 4.47. The third-order valence-electron chi connectivity index (χ3n) is 2.73. The van der Waals surface area contributed by atoms with Crippen LogP contribution in [-0.2, 0) is 4.79 Å². The molecule has 0 aliphatic carbocycles. The van der Waals surface area contributed by atoms with Gasteiger partial charge in [-0.15, -0.1) is 0 Å². The molecule has 0 aromatic rings. The second-order valence-corrected chi connectivity index (χ2v) is 3.36. The lowest BCUT2D eigenvalue weighted by Crippen LogP contribution is -2.34. The Hall–Kier alpha value is -0.530. The first-order chi connectivity index (χ1) is 4.86. The Labute approximate surface area is 61.2 Å². The standard InChI is InChI=1S/C8H13NO/c10-8-2-1-7-3-5-9(8)6-4-7/h7H,1-6H2. The molecule has 3 aliphatic rings. The van der Waals surface area contributed by atoms with Crippen molar-refractivity contribution >= 4 is 5.91 Å². The normalized spacial score (nSPS) is 27.2. The summed E-state index contributed by atoms with van der Waals surface area (Å²) in [4.78, 5) is 13.2. The van der Waals surface area contributed by atoms with E-state index in [-0.39, 0.29) is 0 Å². The highest BCUT2D eigenvalue weighted by atomic mass is 16.2. The van der Waals surface area contributed by atoms with Gasteiger partial charge in [0.1, 0.15) is 0 Å². The van der Waals surface area contributed by atoms with Crippen molar-refractivity contribution in [1.82, 2.24) is 4.90 Å². The molecule has 3 rings (SSSR count). The third kappa shape index (κ3) is 0.917. The van der Waals surface area contributed by atoms with Gasteiger partial charge in [0.05, 0.1) is 0 Å². The molecule has 0 atom stereocenters. The summed E-state index contributed by atoms with van der Waals surface area (Å²) in [6.45, 7) is 2.06. The summed E-state index contributed by atoms with van der Waals surface area (Å²) in [5.74, 6) is 1.25. The highest BCUT2D eigenvalue weighted by Gasteiger charge is 2.27. The lowest BCUT2D eigenvalue weighted by Gasteiger charge is -2.26. The van der Waals surface area contributed by atoms with Crippen molar-refractivity contribution in [2.75, 3.05) is 13.1 Å². The van der Waals surface area contributed by atoms with E-state index in [1.807, 2.05) is 4.90 Å². The van der Waals surface area contributed by atoms with Crippen LogP contribution < -0.4 is 0 Å². The van der Waals surface area contributed by atoms with Crippen LogP contribution in [0.2, 0.25) is 0 Å². The van der Waals surface area contributed by atoms with Gasteiger partial charge in [0, 0.05) is 19.5 Å². The molecule has 0 aromatic heterocycles. The molecule has 2 heteroatoms. The fourth-order valence-corrected chi connectivity index (χ4v) is 1.96. The van der Waals surface area contributed by atoms with Gasteiger partial charge in [-0.3, -0.25) is 4.79 Å². The average Bonchev–Trinajstić information content (AvgIpc) is 2.24. The van der Waals surface area contributed by atoms with E-state index in [4.69, 9.17) is 0 Å². The quantitative estimate of drug-likeness (QED) is 0.490. The number of piperidine rings is 1. The minimum Gasteiger partial charge on any atom is -0.343 e. The second kappa shape index (κ2) is 2.26. The molecule has 0 radical (unpaired) electrons. The topological polar surface area (TPSA) is 20.3 Å². The maximum absolute atomic E-state index is 11.2. The summed E-state index contributed by atoms with van der Waals surface area (Å²) < 4.78 is 0. The van der Waals surface area contributed by atoms with Crippen LogP contribution in [-0.4, -0.2) is 23.9 Å². The molecule has 2 nitrogen and oxygen atoms in total. The van der Waals surface area contributed by atoms with Gasteiger partial charge in [0.25, 0.3) is 0 Å². The molecule has 3 heterocycles. The van der Waals surface area contributed by atoms with Gasteiger partial charge in [-0.1, -0.05) is 0 Å². The minimum absolute atomic E-state index is 0.389. The summed E-state index contributed by atoms with van der Waals surface area (Å²) in [5.41, 5.74) is 0. The molecule has 56 valence electrons. The predicted molar refractivity (Wildman–Crippen MR) is 38.5 cm³/mol. The SMILES string of the molecule is O=C1CCC2CCN1CC2. The maximum atomic E-state index is 11.2. The molecule has 3 saturated heterocycles. The van der Waals surface area contributed by atoms with Crippen molar-refractivity contribution in [2.24, 2.45) is 5.92 Å². The van der Waals surface area contributed by atoms with E-state index < -0.39 is 0 Å². The number of nitrogens with zero attached hydrogens (tertiary/aromatic N) is 1. The van der Waals surface area contributed by atoms with E-state index in [0.717, 1.165) is 31.8 Å². The van der Waals surface area contributed by atoms with Crippen LogP contribution in [0.5, 0.6) is 0 Å². The van der Waals surface area contributed by atoms with Gasteiger partial charge in [-0.05, 0) is 25.2 Å². The Morgan fingerprint density at radius 1 is 1.20 bits per heavy atom. The van der Waals surface area contributed by atoms with Crippen molar-refractivity contribution in [3.63, 3.8) is 0 Å². The Bertz CT molecular complexity index is 147. The molecule has 0 unspecified atom stereocenters. The molecule has 0 spiro atoms. The van der Waals surface area contributed by atoms with Crippen molar-refractivity contribution < 1.29 is 4.79 Å². The zero-order chi connectivity index (χ0) is 6.97. The predicted octanol–water partition coefficient (Wildman–Crippen LogP) is 1.02. The Kier molecular flexibility index (Phi) is 1.40. The van der Waals surface area contributed by atoms with Crippen LogP contribution >= 0.6 is 0 Å². The third-order valence-corrected chi connectivity index (χ3v) is 2.73. The first-order valence-corrected chi connectivity index (χ1v) is 4.14. The summed E-state index contributed by atoms with van der Waals surface area (Å²) >= 11 is 0. The number of carbonyl (C=O) groups excluding carboxylic acids is 1. The lowest BCUT2D eigenvalue weighted by molar-refractivity contribution is -0.130. The second-order valence-electron chi connectivity index (χ2n) is 3.36. The fraction of sp³-hybridized carbons (Fsp3) is 0.875. The molecule has 1 amide bonds. The van der Waals surface area contributed by atoms with Crippen molar-refractivity contribution in [3.8, 4) is 0 Å².